The molecule has 0 aliphatic rings. The maximum atomic E-state index is 9.21. The van der Waals surface area contributed by atoms with Crippen molar-refractivity contribution in [2.75, 3.05) is 0 Å². The fraction of sp³-hybridized carbons (Fsp3) is 0.556. The number of hydrogen-bond donors (Lipinski definition) is 1. The molecule has 1 aromatic heterocycles. The first-order valence-electron chi connectivity index (χ1n) is 3.95. The van der Waals surface area contributed by atoms with Crippen LogP contribution < -0.4 is 0 Å². The van der Waals surface area contributed by atoms with E-state index in [0.29, 0.717) is 5.82 Å². The van der Waals surface area contributed by atoms with Crippen molar-refractivity contribution in [3.8, 4) is 5.88 Å². The van der Waals surface area contributed by atoms with Crippen molar-refractivity contribution in [2.24, 2.45) is 0 Å². The molecule has 12 heavy (non-hydrogen) atoms. The SMILES string of the molecule is Cc1nc(O)cc(C(C)(C)C)n1. The molecule has 1 aromatic rings. The lowest BCUT2D eigenvalue weighted by Crippen LogP contribution is -2.14. The van der Waals surface area contributed by atoms with Gasteiger partial charge in [0.25, 0.3) is 0 Å². The van der Waals surface area contributed by atoms with Gasteiger partial charge in [-0.05, 0) is 6.92 Å². The first-order valence-corrected chi connectivity index (χ1v) is 3.95. The zero-order valence-corrected chi connectivity index (χ0v) is 7.92. The molecule has 0 aliphatic heterocycles. The van der Waals surface area contributed by atoms with Gasteiger partial charge in [0.1, 0.15) is 5.82 Å². The number of aryl methyl sites for hydroxylation is 1. The van der Waals surface area contributed by atoms with Crippen LogP contribution in [0, 0.1) is 6.92 Å². The molecule has 1 N–H and O–H groups in total. The fourth-order valence-corrected chi connectivity index (χ4v) is 0.936. The molecule has 0 aromatic carbocycles. The predicted molar refractivity (Wildman–Crippen MR) is 47.1 cm³/mol. The Morgan fingerprint density at radius 2 is 1.83 bits per heavy atom. The molecule has 3 heteroatoms. The summed E-state index contributed by atoms with van der Waals surface area (Å²) in [7, 11) is 0. The van der Waals surface area contributed by atoms with Crippen LogP contribution in [-0.4, -0.2) is 15.1 Å². The monoisotopic (exact) mass is 166 g/mol. The third-order valence-electron chi connectivity index (χ3n) is 1.59. The van der Waals surface area contributed by atoms with E-state index >= 15 is 0 Å². The average molecular weight is 166 g/mol. The topological polar surface area (TPSA) is 46.0 Å². The third-order valence-corrected chi connectivity index (χ3v) is 1.59. The summed E-state index contributed by atoms with van der Waals surface area (Å²) in [5.74, 6) is 0.660. The molecule has 1 heterocycles. The number of hydrogen-bond acceptors (Lipinski definition) is 3. The Morgan fingerprint density at radius 3 is 2.25 bits per heavy atom. The van der Waals surface area contributed by atoms with Gasteiger partial charge in [0.2, 0.25) is 5.88 Å². The Morgan fingerprint density at radius 1 is 1.25 bits per heavy atom. The van der Waals surface area contributed by atoms with Gasteiger partial charge in [-0.15, -0.1) is 0 Å². The predicted octanol–water partition coefficient (Wildman–Crippen LogP) is 1.79. The minimum Gasteiger partial charge on any atom is -0.493 e. The minimum atomic E-state index is -0.0365. The highest BCUT2D eigenvalue weighted by atomic mass is 16.3. The summed E-state index contributed by atoms with van der Waals surface area (Å²) in [5.41, 5.74) is 0.832. The van der Waals surface area contributed by atoms with Crippen LogP contribution in [0.25, 0.3) is 0 Å². The molecule has 0 fully saturated rings. The molecule has 0 radical (unpaired) electrons. The molecule has 0 atom stereocenters. The molecular weight excluding hydrogens is 152 g/mol. The van der Waals surface area contributed by atoms with Gasteiger partial charge in [-0.3, -0.25) is 0 Å². The van der Waals surface area contributed by atoms with E-state index in [0.717, 1.165) is 5.69 Å². The summed E-state index contributed by atoms with van der Waals surface area (Å²) in [6.45, 7) is 7.92. The van der Waals surface area contributed by atoms with Gasteiger partial charge in [-0.2, -0.15) is 4.98 Å². The van der Waals surface area contributed by atoms with E-state index in [4.69, 9.17) is 0 Å². The van der Waals surface area contributed by atoms with Gasteiger partial charge in [0, 0.05) is 11.5 Å². The summed E-state index contributed by atoms with van der Waals surface area (Å²) in [4.78, 5) is 8.03. The second kappa shape index (κ2) is 2.73. The van der Waals surface area contributed by atoms with Gasteiger partial charge in [-0.1, -0.05) is 20.8 Å². The van der Waals surface area contributed by atoms with Crippen LogP contribution in [0.3, 0.4) is 0 Å². The van der Waals surface area contributed by atoms with Gasteiger partial charge in [-0.25, -0.2) is 4.98 Å². The van der Waals surface area contributed by atoms with Crippen LogP contribution in [0.2, 0.25) is 0 Å². The Kier molecular flexibility index (Phi) is 2.04. The minimum absolute atomic E-state index is 0.0365. The van der Waals surface area contributed by atoms with Crippen LogP contribution in [-0.2, 0) is 5.41 Å². The van der Waals surface area contributed by atoms with E-state index in [9.17, 15) is 5.11 Å². The highest BCUT2D eigenvalue weighted by Crippen LogP contribution is 2.22. The molecule has 0 bridgehead atoms. The smallest absolute Gasteiger partial charge is 0.214 e. The zero-order chi connectivity index (χ0) is 9.35. The molecule has 1 rings (SSSR count). The second-order valence-electron chi connectivity index (χ2n) is 3.91. The molecule has 3 nitrogen and oxygen atoms in total. The van der Waals surface area contributed by atoms with Crippen LogP contribution in [0.15, 0.2) is 6.07 Å². The normalized spacial score (nSPS) is 11.7. The highest BCUT2D eigenvalue weighted by Gasteiger charge is 2.16. The molecule has 0 saturated carbocycles. The van der Waals surface area contributed by atoms with E-state index < -0.39 is 0 Å². The van der Waals surface area contributed by atoms with E-state index in [1.165, 1.54) is 0 Å². The standard InChI is InChI=1S/C9H14N2O/c1-6-10-7(9(2,3)4)5-8(12)11-6/h5H,1-4H3,(H,10,11,12). The van der Waals surface area contributed by atoms with Crippen molar-refractivity contribution >= 4 is 0 Å². The van der Waals surface area contributed by atoms with Crippen molar-refractivity contribution in [2.45, 2.75) is 33.1 Å². The average Bonchev–Trinajstić information content (AvgIpc) is 1.82. The largest absolute Gasteiger partial charge is 0.493 e. The lowest BCUT2D eigenvalue weighted by Gasteiger charge is -2.17. The van der Waals surface area contributed by atoms with Crippen LogP contribution >= 0.6 is 0 Å². The molecule has 0 spiro atoms. The summed E-state index contributed by atoms with van der Waals surface area (Å²) < 4.78 is 0. The van der Waals surface area contributed by atoms with Crippen molar-refractivity contribution in [1.82, 2.24) is 9.97 Å². The molecule has 0 unspecified atom stereocenters. The highest BCUT2D eigenvalue weighted by molar-refractivity contribution is 5.20. The van der Waals surface area contributed by atoms with Gasteiger partial charge in [0.05, 0.1) is 5.69 Å². The fourth-order valence-electron chi connectivity index (χ4n) is 0.936. The number of nitrogens with zero attached hydrogens (tertiary/aromatic N) is 2. The van der Waals surface area contributed by atoms with Crippen molar-refractivity contribution in [1.29, 1.82) is 0 Å². The van der Waals surface area contributed by atoms with Gasteiger partial charge >= 0.3 is 0 Å². The summed E-state index contributed by atoms with van der Waals surface area (Å²) in [5, 5.41) is 9.21. The van der Waals surface area contributed by atoms with E-state index in [2.05, 4.69) is 9.97 Å². The van der Waals surface area contributed by atoms with Gasteiger partial charge < -0.3 is 5.11 Å². The Labute approximate surface area is 72.5 Å². The first-order chi connectivity index (χ1) is 5.39. The number of aromatic hydroxyl groups is 1. The Bertz CT molecular complexity index is 269. The van der Waals surface area contributed by atoms with Crippen molar-refractivity contribution < 1.29 is 5.11 Å². The van der Waals surface area contributed by atoms with E-state index in [1.54, 1.807) is 13.0 Å². The van der Waals surface area contributed by atoms with Crippen LogP contribution in [0.5, 0.6) is 5.88 Å². The van der Waals surface area contributed by atoms with Crippen molar-refractivity contribution in [3.05, 3.63) is 17.6 Å². The number of aromatic nitrogens is 2. The quantitative estimate of drug-likeness (QED) is 0.639. The summed E-state index contributed by atoms with van der Waals surface area (Å²) >= 11 is 0. The van der Waals surface area contributed by atoms with Crippen molar-refractivity contribution in [3.63, 3.8) is 0 Å². The molecule has 66 valence electrons. The lowest BCUT2D eigenvalue weighted by molar-refractivity contribution is 0.443. The Balaban J connectivity index is 3.18. The molecule has 0 saturated heterocycles. The Hall–Kier alpha value is -1.12. The molecule has 0 amide bonds. The molecular formula is C9H14N2O. The van der Waals surface area contributed by atoms with Gasteiger partial charge in [0.15, 0.2) is 0 Å². The van der Waals surface area contributed by atoms with E-state index in [1.807, 2.05) is 20.8 Å². The lowest BCUT2D eigenvalue weighted by atomic mass is 9.92. The van der Waals surface area contributed by atoms with Crippen LogP contribution in [0.1, 0.15) is 32.3 Å². The first kappa shape index (κ1) is 8.97. The van der Waals surface area contributed by atoms with Crippen LogP contribution in [0.4, 0.5) is 0 Å². The second-order valence-corrected chi connectivity index (χ2v) is 3.91. The summed E-state index contributed by atoms with van der Waals surface area (Å²) in [6, 6.07) is 1.60. The maximum absolute atomic E-state index is 9.21. The zero-order valence-electron chi connectivity index (χ0n) is 7.92. The summed E-state index contributed by atoms with van der Waals surface area (Å²) in [6.07, 6.45) is 0. The number of rotatable bonds is 0. The van der Waals surface area contributed by atoms with E-state index in [-0.39, 0.29) is 11.3 Å². The molecule has 0 aliphatic carbocycles. The maximum Gasteiger partial charge on any atom is 0.214 e. The third kappa shape index (κ3) is 1.94.